The fourth-order valence-electron chi connectivity index (χ4n) is 2.10. The number of hydrogen-bond acceptors (Lipinski definition) is 4. The maximum absolute atomic E-state index is 12.0. The Hall–Kier alpha value is -2.59. The van der Waals surface area contributed by atoms with Gasteiger partial charge in [0.05, 0.1) is 17.7 Å². The third-order valence-electron chi connectivity index (χ3n) is 3.09. The van der Waals surface area contributed by atoms with Gasteiger partial charge in [0.1, 0.15) is 6.04 Å². The first kappa shape index (κ1) is 13.8. The minimum absolute atomic E-state index is 0.0148. The lowest BCUT2D eigenvalue weighted by Gasteiger charge is -2.21. The molecule has 0 spiro atoms. The van der Waals surface area contributed by atoms with Crippen molar-refractivity contribution in [2.45, 2.75) is 18.6 Å². The summed E-state index contributed by atoms with van der Waals surface area (Å²) < 4.78 is 0. The van der Waals surface area contributed by atoms with Crippen LogP contribution in [0.5, 0.6) is 0 Å². The molecule has 0 saturated carbocycles. The van der Waals surface area contributed by atoms with E-state index in [2.05, 4.69) is 5.32 Å². The summed E-state index contributed by atoms with van der Waals surface area (Å²) >= 11 is 0. The Morgan fingerprint density at radius 1 is 1.35 bits per heavy atom. The van der Waals surface area contributed by atoms with Crippen LogP contribution in [-0.2, 0) is 4.79 Å². The molecule has 0 aliphatic carbocycles. The van der Waals surface area contributed by atoms with Gasteiger partial charge < -0.3 is 20.4 Å². The van der Waals surface area contributed by atoms with E-state index in [9.17, 15) is 14.7 Å². The molecule has 0 unspecified atom stereocenters. The molecule has 7 nitrogen and oxygen atoms in total. The molecule has 1 aromatic carbocycles. The molecule has 104 valence electrons. The maximum atomic E-state index is 12.0. The molecule has 1 aromatic rings. The number of nitrogens with zero attached hydrogens (tertiary/aromatic N) is 2. The molecule has 2 rings (SSSR count). The van der Waals surface area contributed by atoms with Crippen molar-refractivity contribution in [3.8, 4) is 6.07 Å². The number of aliphatic hydroxyl groups excluding tert-OH is 1. The number of hydrogen-bond donors (Lipinski definition) is 3. The normalized spacial score (nSPS) is 21.3. The monoisotopic (exact) mass is 275 g/mol. The Kier molecular flexibility index (Phi) is 3.86. The molecule has 2 amide bonds. The number of rotatable bonds is 2. The number of anilines is 1. The van der Waals surface area contributed by atoms with E-state index in [-0.39, 0.29) is 13.0 Å². The van der Waals surface area contributed by atoms with Crippen molar-refractivity contribution >= 4 is 17.7 Å². The minimum atomic E-state index is -1.14. The molecular weight excluding hydrogens is 262 g/mol. The number of carbonyl (C=O) groups is 2. The third kappa shape index (κ3) is 2.87. The highest BCUT2D eigenvalue weighted by Crippen LogP contribution is 2.20. The van der Waals surface area contributed by atoms with Gasteiger partial charge in [-0.2, -0.15) is 5.26 Å². The number of amides is 2. The van der Waals surface area contributed by atoms with Gasteiger partial charge in [-0.1, -0.05) is 0 Å². The van der Waals surface area contributed by atoms with Crippen LogP contribution in [0.2, 0.25) is 0 Å². The van der Waals surface area contributed by atoms with Gasteiger partial charge in [-0.25, -0.2) is 9.59 Å². The van der Waals surface area contributed by atoms with Crippen molar-refractivity contribution in [3.63, 3.8) is 0 Å². The Morgan fingerprint density at radius 2 is 2.00 bits per heavy atom. The van der Waals surface area contributed by atoms with Gasteiger partial charge in [-0.05, 0) is 24.3 Å². The lowest BCUT2D eigenvalue weighted by Crippen LogP contribution is -2.43. The summed E-state index contributed by atoms with van der Waals surface area (Å²) in [4.78, 5) is 24.1. The van der Waals surface area contributed by atoms with E-state index >= 15 is 0 Å². The smallest absolute Gasteiger partial charge is 0.326 e. The maximum Gasteiger partial charge on any atom is 0.326 e. The molecule has 2 atom stereocenters. The number of carboxylic acids is 1. The van der Waals surface area contributed by atoms with Crippen molar-refractivity contribution in [2.24, 2.45) is 0 Å². The van der Waals surface area contributed by atoms with Gasteiger partial charge in [-0.3, -0.25) is 0 Å². The first-order chi connectivity index (χ1) is 9.51. The number of benzene rings is 1. The molecule has 0 radical (unpaired) electrons. The fraction of sp³-hybridized carbons (Fsp3) is 0.308. The number of aliphatic carboxylic acids is 1. The zero-order valence-corrected chi connectivity index (χ0v) is 10.5. The first-order valence-electron chi connectivity index (χ1n) is 6.00. The largest absolute Gasteiger partial charge is 0.480 e. The number of likely N-dealkylation sites (tertiary alicyclic amines) is 1. The Bertz CT molecular complexity index is 564. The summed E-state index contributed by atoms with van der Waals surface area (Å²) in [7, 11) is 0. The van der Waals surface area contributed by atoms with E-state index in [1.165, 1.54) is 0 Å². The first-order valence-corrected chi connectivity index (χ1v) is 6.00. The highest BCUT2D eigenvalue weighted by Gasteiger charge is 2.38. The number of carboxylic acid groups (broad SMARTS) is 1. The van der Waals surface area contributed by atoms with Gasteiger partial charge in [-0.15, -0.1) is 0 Å². The van der Waals surface area contributed by atoms with Crippen LogP contribution in [0.3, 0.4) is 0 Å². The molecule has 0 bridgehead atoms. The SMILES string of the molecule is N#Cc1ccc(NC(=O)N2C[C@@H](O)C[C@H]2C(=O)O)cc1. The van der Waals surface area contributed by atoms with Gasteiger partial charge >= 0.3 is 12.0 Å². The van der Waals surface area contributed by atoms with Gasteiger partial charge in [0.15, 0.2) is 0 Å². The summed E-state index contributed by atoms with van der Waals surface area (Å²) in [6.07, 6.45) is -0.807. The summed E-state index contributed by atoms with van der Waals surface area (Å²) in [6, 6.07) is 6.55. The van der Waals surface area contributed by atoms with E-state index in [0.29, 0.717) is 11.3 Å². The predicted molar refractivity (Wildman–Crippen MR) is 68.9 cm³/mol. The summed E-state index contributed by atoms with van der Waals surface area (Å²) in [5.41, 5.74) is 0.919. The number of nitriles is 1. The van der Waals surface area contributed by atoms with Gasteiger partial charge in [0, 0.05) is 18.7 Å². The molecule has 0 aromatic heterocycles. The number of nitrogens with one attached hydrogen (secondary N) is 1. The average Bonchev–Trinajstić information content (AvgIpc) is 2.82. The molecule has 1 aliphatic heterocycles. The van der Waals surface area contributed by atoms with E-state index < -0.39 is 24.1 Å². The molecular formula is C13H13N3O4. The van der Waals surface area contributed by atoms with Crippen LogP contribution in [0.25, 0.3) is 0 Å². The molecule has 1 fully saturated rings. The van der Waals surface area contributed by atoms with Crippen molar-refractivity contribution in [1.82, 2.24) is 4.90 Å². The van der Waals surface area contributed by atoms with E-state index in [4.69, 9.17) is 10.4 Å². The van der Waals surface area contributed by atoms with Crippen molar-refractivity contribution < 1.29 is 19.8 Å². The Balaban J connectivity index is 2.07. The zero-order chi connectivity index (χ0) is 14.7. The highest BCUT2D eigenvalue weighted by molar-refractivity contribution is 5.92. The molecule has 1 saturated heterocycles. The lowest BCUT2D eigenvalue weighted by atomic mass is 10.2. The molecule has 1 aliphatic rings. The Morgan fingerprint density at radius 3 is 2.55 bits per heavy atom. The predicted octanol–water partition coefficient (Wildman–Crippen LogP) is 0.610. The third-order valence-corrected chi connectivity index (χ3v) is 3.09. The van der Waals surface area contributed by atoms with Gasteiger partial charge in [0.25, 0.3) is 0 Å². The highest BCUT2D eigenvalue weighted by atomic mass is 16.4. The number of aliphatic hydroxyl groups is 1. The summed E-state index contributed by atoms with van der Waals surface area (Å²) in [6.45, 7) is -0.0148. The number of carbonyl (C=O) groups excluding carboxylic acids is 1. The second kappa shape index (κ2) is 5.59. The van der Waals surface area contributed by atoms with Crippen LogP contribution < -0.4 is 5.32 Å². The molecule has 7 heteroatoms. The fourth-order valence-corrected chi connectivity index (χ4v) is 2.10. The van der Waals surface area contributed by atoms with Crippen LogP contribution in [0, 0.1) is 11.3 Å². The van der Waals surface area contributed by atoms with Crippen molar-refractivity contribution in [2.75, 3.05) is 11.9 Å². The van der Waals surface area contributed by atoms with E-state index in [0.717, 1.165) is 4.90 Å². The Labute approximate surface area is 115 Å². The van der Waals surface area contributed by atoms with Crippen molar-refractivity contribution in [1.29, 1.82) is 5.26 Å². The molecule has 20 heavy (non-hydrogen) atoms. The molecule has 3 N–H and O–H groups in total. The van der Waals surface area contributed by atoms with Crippen LogP contribution in [0.15, 0.2) is 24.3 Å². The topological polar surface area (TPSA) is 114 Å². The van der Waals surface area contributed by atoms with Crippen LogP contribution in [-0.4, -0.2) is 45.8 Å². The van der Waals surface area contributed by atoms with Crippen LogP contribution in [0.4, 0.5) is 10.5 Å². The standard InChI is InChI=1S/C13H13N3O4/c14-6-8-1-3-9(4-2-8)15-13(20)16-7-10(17)5-11(16)12(18)19/h1-4,10-11,17H,5,7H2,(H,15,20)(H,18,19)/t10-,11-/m0/s1. The zero-order valence-electron chi connectivity index (χ0n) is 10.5. The second-order valence-electron chi connectivity index (χ2n) is 4.52. The number of β-amino-alcohol motifs (C(OH)–C–C–N with tert-alkyl or cyclic N) is 1. The quantitative estimate of drug-likeness (QED) is 0.731. The van der Waals surface area contributed by atoms with E-state index in [1.54, 1.807) is 24.3 Å². The lowest BCUT2D eigenvalue weighted by molar-refractivity contribution is -0.141. The summed E-state index contributed by atoms with van der Waals surface area (Å²) in [5.74, 6) is -1.14. The van der Waals surface area contributed by atoms with Crippen molar-refractivity contribution in [3.05, 3.63) is 29.8 Å². The minimum Gasteiger partial charge on any atom is -0.480 e. The van der Waals surface area contributed by atoms with Gasteiger partial charge in [0.2, 0.25) is 0 Å². The van der Waals surface area contributed by atoms with Crippen LogP contribution >= 0.6 is 0 Å². The second-order valence-corrected chi connectivity index (χ2v) is 4.52. The molecule has 1 heterocycles. The average molecular weight is 275 g/mol. The summed E-state index contributed by atoms with van der Waals surface area (Å²) in [5, 5.41) is 29.7. The van der Waals surface area contributed by atoms with E-state index in [1.807, 2.05) is 6.07 Å². The van der Waals surface area contributed by atoms with Crippen LogP contribution in [0.1, 0.15) is 12.0 Å². The number of urea groups is 1.